The van der Waals surface area contributed by atoms with Gasteiger partial charge in [0.2, 0.25) is 0 Å². The average Bonchev–Trinajstić information content (AvgIpc) is 2.66. The van der Waals surface area contributed by atoms with Crippen LogP contribution in [-0.2, 0) is 0 Å². The Hall–Kier alpha value is -3.06. The summed E-state index contributed by atoms with van der Waals surface area (Å²) in [5, 5.41) is 0. The minimum Gasteiger partial charge on any atom is -0.399 e. The zero-order chi connectivity index (χ0) is 17.6. The summed E-state index contributed by atoms with van der Waals surface area (Å²) < 4.78 is 0. The standard InChI is InChI=1S/C24H23N/c1-3-4-8-18(2)19-9-5-10-20(15-19)21-11-6-12-22(16-21)23-13-7-14-24(25)17-23/h3-17H,25H2,1-2H3/b4-3-,18-8+. The number of hydrogen-bond donors (Lipinski definition) is 1. The molecule has 0 radical (unpaired) electrons. The van der Waals surface area contributed by atoms with Crippen molar-refractivity contribution < 1.29 is 0 Å². The van der Waals surface area contributed by atoms with Gasteiger partial charge in [0.25, 0.3) is 0 Å². The zero-order valence-electron chi connectivity index (χ0n) is 14.7. The van der Waals surface area contributed by atoms with Crippen molar-refractivity contribution in [3.8, 4) is 22.3 Å². The van der Waals surface area contributed by atoms with E-state index >= 15 is 0 Å². The summed E-state index contributed by atoms with van der Waals surface area (Å²) in [4.78, 5) is 0. The van der Waals surface area contributed by atoms with Crippen molar-refractivity contribution in [2.75, 3.05) is 5.73 Å². The molecule has 0 aromatic heterocycles. The lowest BCUT2D eigenvalue weighted by Gasteiger charge is -2.09. The van der Waals surface area contributed by atoms with Crippen LogP contribution < -0.4 is 5.73 Å². The SMILES string of the molecule is C/C=C\C=C(/C)c1cccc(-c2cccc(-c3cccc(N)c3)c2)c1. The Balaban J connectivity index is 1.99. The molecule has 0 unspecified atom stereocenters. The zero-order valence-corrected chi connectivity index (χ0v) is 14.7. The number of rotatable bonds is 4. The Labute approximate surface area is 150 Å². The largest absolute Gasteiger partial charge is 0.399 e. The van der Waals surface area contributed by atoms with E-state index in [0.29, 0.717) is 0 Å². The Kier molecular flexibility index (Phi) is 5.15. The summed E-state index contributed by atoms with van der Waals surface area (Å²) in [7, 11) is 0. The molecule has 0 saturated carbocycles. The van der Waals surface area contributed by atoms with Gasteiger partial charge in [-0.2, -0.15) is 0 Å². The lowest BCUT2D eigenvalue weighted by atomic mass is 9.96. The molecule has 1 heteroatoms. The van der Waals surface area contributed by atoms with Crippen LogP contribution >= 0.6 is 0 Å². The van der Waals surface area contributed by atoms with E-state index < -0.39 is 0 Å². The van der Waals surface area contributed by atoms with Crippen LogP contribution in [0.1, 0.15) is 19.4 Å². The molecule has 1 nitrogen and oxygen atoms in total. The molecule has 0 aliphatic carbocycles. The maximum Gasteiger partial charge on any atom is 0.0320 e. The quantitative estimate of drug-likeness (QED) is 0.425. The number of nitrogens with two attached hydrogens (primary N) is 1. The molecular weight excluding hydrogens is 302 g/mol. The molecule has 3 rings (SSSR count). The minimum atomic E-state index is 0.787. The van der Waals surface area contributed by atoms with Gasteiger partial charge in [-0.05, 0) is 71.5 Å². The van der Waals surface area contributed by atoms with Crippen LogP contribution in [0.2, 0.25) is 0 Å². The third-order valence-electron chi connectivity index (χ3n) is 4.27. The van der Waals surface area contributed by atoms with Gasteiger partial charge in [0.15, 0.2) is 0 Å². The van der Waals surface area contributed by atoms with Gasteiger partial charge in [0.05, 0.1) is 0 Å². The normalized spacial score (nSPS) is 11.8. The number of hydrogen-bond acceptors (Lipinski definition) is 1. The van der Waals surface area contributed by atoms with Gasteiger partial charge in [-0.3, -0.25) is 0 Å². The van der Waals surface area contributed by atoms with Gasteiger partial charge in [0, 0.05) is 5.69 Å². The van der Waals surface area contributed by atoms with E-state index in [9.17, 15) is 0 Å². The predicted octanol–water partition coefficient (Wildman–Crippen LogP) is 6.58. The molecule has 0 spiro atoms. The van der Waals surface area contributed by atoms with Crippen molar-refractivity contribution in [2.45, 2.75) is 13.8 Å². The Bertz CT molecular complexity index is 932. The van der Waals surface area contributed by atoms with Crippen LogP contribution in [0.3, 0.4) is 0 Å². The Morgan fingerprint density at radius 3 is 1.96 bits per heavy atom. The summed E-state index contributed by atoms with van der Waals surface area (Å²) in [5.41, 5.74) is 14.0. The second-order valence-electron chi connectivity index (χ2n) is 6.16. The molecular formula is C24H23N. The predicted molar refractivity (Wildman–Crippen MR) is 110 cm³/mol. The molecule has 0 atom stereocenters. The fraction of sp³-hybridized carbons (Fsp3) is 0.0833. The highest BCUT2D eigenvalue weighted by molar-refractivity contribution is 5.77. The van der Waals surface area contributed by atoms with Gasteiger partial charge in [-0.15, -0.1) is 0 Å². The maximum atomic E-state index is 5.93. The van der Waals surface area contributed by atoms with Gasteiger partial charge in [-0.1, -0.05) is 66.8 Å². The van der Waals surface area contributed by atoms with Gasteiger partial charge in [-0.25, -0.2) is 0 Å². The average molecular weight is 325 g/mol. The van der Waals surface area contributed by atoms with Crippen molar-refractivity contribution in [1.29, 1.82) is 0 Å². The molecule has 0 amide bonds. The van der Waals surface area contributed by atoms with Crippen LogP contribution in [0.15, 0.2) is 91.0 Å². The lowest BCUT2D eigenvalue weighted by Crippen LogP contribution is -1.86. The van der Waals surface area contributed by atoms with E-state index in [1.54, 1.807) is 0 Å². The second kappa shape index (κ2) is 7.67. The molecule has 0 aliphatic heterocycles. The first-order valence-corrected chi connectivity index (χ1v) is 8.54. The Morgan fingerprint density at radius 2 is 1.32 bits per heavy atom. The summed E-state index contributed by atoms with van der Waals surface area (Å²) in [6.07, 6.45) is 6.26. The minimum absolute atomic E-state index is 0.787. The van der Waals surface area contributed by atoms with Crippen molar-refractivity contribution in [1.82, 2.24) is 0 Å². The first-order valence-electron chi connectivity index (χ1n) is 8.54. The van der Waals surface area contributed by atoms with Crippen LogP contribution in [-0.4, -0.2) is 0 Å². The van der Waals surface area contributed by atoms with E-state index in [2.05, 4.69) is 73.7 Å². The number of nitrogen functional groups attached to an aromatic ring is 1. The summed E-state index contributed by atoms with van der Waals surface area (Å²) in [5.74, 6) is 0. The highest BCUT2D eigenvalue weighted by atomic mass is 14.5. The molecule has 0 bridgehead atoms. The van der Waals surface area contributed by atoms with Gasteiger partial charge >= 0.3 is 0 Å². The third-order valence-corrected chi connectivity index (χ3v) is 4.27. The van der Waals surface area contributed by atoms with E-state index in [1.807, 2.05) is 31.2 Å². The topological polar surface area (TPSA) is 26.0 Å². The number of benzene rings is 3. The first-order chi connectivity index (χ1) is 12.2. The lowest BCUT2D eigenvalue weighted by molar-refractivity contribution is 1.54. The summed E-state index contributed by atoms with van der Waals surface area (Å²) in [6.45, 7) is 4.17. The van der Waals surface area contributed by atoms with Crippen molar-refractivity contribution in [3.63, 3.8) is 0 Å². The van der Waals surface area contributed by atoms with E-state index in [4.69, 9.17) is 5.73 Å². The summed E-state index contributed by atoms with van der Waals surface area (Å²) >= 11 is 0. The van der Waals surface area contributed by atoms with Crippen molar-refractivity contribution in [2.24, 2.45) is 0 Å². The number of allylic oxidation sites excluding steroid dienone is 4. The molecule has 3 aromatic carbocycles. The van der Waals surface area contributed by atoms with Crippen LogP contribution in [0.4, 0.5) is 5.69 Å². The molecule has 25 heavy (non-hydrogen) atoms. The molecule has 0 fully saturated rings. The molecule has 3 aromatic rings. The van der Waals surface area contributed by atoms with Gasteiger partial charge < -0.3 is 5.73 Å². The van der Waals surface area contributed by atoms with Gasteiger partial charge in [0.1, 0.15) is 0 Å². The fourth-order valence-corrected chi connectivity index (χ4v) is 2.88. The smallest absolute Gasteiger partial charge is 0.0320 e. The fourth-order valence-electron chi connectivity index (χ4n) is 2.88. The van der Waals surface area contributed by atoms with Crippen molar-refractivity contribution >= 4 is 11.3 Å². The molecule has 0 heterocycles. The molecule has 2 N–H and O–H groups in total. The Morgan fingerprint density at radius 1 is 0.760 bits per heavy atom. The number of anilines is 1. The maximum absolute atomic E-state index is 5.93. The van der Waals surface area contributed by atoms with E-state index in [1.165, 1.54) is 27.8 Å². The van der Waals surface area contributed by atoms with Crippen molar-refractivity contribution in [3.05, 3.63) is 96.6 Å². The van der Waals surface area contributed by atoms with E-state index in [0.717, 1.165) is 11.3 Å². The third kappa shape index (κ3) is 4.07. The van der Waals surface area contributed by atoms with E-state index in [-0.39, 0.29) is 0 Å². The molecule has 0 aliphatic rings. The highest BCUT2D eigenvalue weighted by Gasteiger charge is 2.04. The molecule has 0 saturated heterocycles. The monoisotopic (exact) mass is 325 g/mol. The van der Waals surface area contributed by atoms with Crippen LogP contribution in [0.5, 0.6) is 0 Å². The second-order valence-corrected chi connectivity index (χ2v) is 6.16. The summed E-state index contributed by atoms with van der Waals surface area (Å²) in [6, 6.07) is 25.3. The molecule has 124 valence electrons. The highest BCUT2D eigenvalue weighted by Crippen LogP contribution is 2.29. The van der Waals surface area contributed by atoms with Crippen LogP contribution in [0, 0.1) is 0 Å². The first kappa shape index (κ1) is 16.8. The van der Waals surface area contributed by atoms with Crippen LogP contribution in [0.25, 0.3) is 27.8 Å².